The standard InChI is InChI=1S/C15H23N5O7S.Na/c1-9(21)18-6-2-3-10(7-18)14(22)17-13(16)12-5-4-11-8-19(12)15(23)20(11)27-28(24,25)26;/h10-12H,2-8H2,1H3,(H2,16,17,22)(H,24,25,26);/q;+1/p-1/t10-,11+,12-;/m0./s1. The zero-order chi connectivity index (χ0) is 20.6. The molecule has 3 heterocycles. The molecule has 14 heteroatoms. The van der Waals surface area contributed by atoms with E-state index in [9.17, 15) is 27.4 Å². The van der Waals surface area contributed by atoms with Gasteiger partial charge in [-0.25, -0.2) is 13.2 Å². The van der Waals surface area contributed by atoms with E-state index in [2.05, 4.69) is 9.60 Å². The molecule has 4 amide bonds. The monoisotopic (exact) mass is 439 g/mol. The van der Waals surface area contributed by atoms with Gasteiger partial charge in [0.1, 0.15) is 5.84 Å². The van der Waals surface area contributed by atoms with Gasteiger partial charge in [-0.3, -0.25) is 15.0 Å². The fraction of sp³-hybridized carbons (Fsp3) is 0.733. The molecule has 3 saturated heterocycles. The first-order chi connectivity index (χ1) is 13.1. The molecule has 3 atom stereocenters. The van der Waals surface area contributed by atoms with Crippen LogP contribution in [-0.2, 0) is 24.3 Å². The number of rotatable bonds is 4. The molecule has 0 spiro atoms. The predicted molar refractivity (Wildman–Crippen MR) is 92.4 cm³/mol. The Morgan fingerprint density at radius 2 is 1.93 bits per heavy atom. The van der Waals surface area contributed by atoms with Crippen LogP contribution in [0, 0.1) is 11.3 Å². The van der Waals surface area contributed by atoms with Crippen molar-refractivity contribution in [1.29, 1.82) is 5.41 Å². The van der Waals surface area contributed by atoms with Crippen LogP contribution in [0.1, 0.15) is 32.6 Å². The second kappa shape index (κ2) is 9.27. The van der Waals surface area contributed by atoms with Gasteiger partial charge in [0.25, 0.3) is 0 Å². The number of hydrogen-bond donors (Lipinski definition) is 2. The minimum absolute atomic E-state index is 0. The van der Waals surface area contributed by atoms with Crippen LogP contribution >= 0.6 is 0 Å². The maximum Gasteiger partial charge on any atom is 1.00 e. The Kier molecular flexibility index (Phi) is 7.68. The Morgan fingerprint density at radius 1 is 1.24 bits per heavy atom. The first-order valence-electron chi connectivity index (χ1n) is 8.97. The van der Waals surface area contributed by atoms with Gasteiger partial charge in [-0.15, -0.1) is 0 Å². The topological polar surface area (TPSA) is 163 Å². The van der Waals surface area contributed by atoms with Gasteiger partial charge in [0, 0.05) is 26.6 Å². The number of hydrogen-bond acceptors (Lipinski definition) is 8. The Balaban J connectivity index is 0.00000300. The van der Waals surface area contributed by atoms with Crippen LogP contribution in [0.5, 0.6) is 0 Å². The molecule has 3 fully saturated rings. The number of likely N-dealkylation sites (tertiary alicyclic amines) is 1. The summed E-state index contributed by atoms with van der Waals surface area (Å²) in [6.07, 6.45) is 1.93. The van der Waals surface area contributed by atoms with Gasteiger partial charge in [0.05, 0.1) is 18.0 Å². The molecule has 0 radical (unpaired) electrons. The molecule has 156 valence electrons. The molecule has 0 aromatic rings. The van der Waals surface area contributed by atoms with E-state index in [1.165, 1.54) is 11.8 Å². The summed E-state index contributed by atoms with van der Waals surface area (Å²) >= 11 is 0. The third-order valence-electron chi connectivity index (χ3n) is 5.32. The molecule has 3 aliphatic heterocycles. The van der Waals surface area contributed by atoms with E-state index in [4.69, 9.17) is 5.41 Å². The molecule has 3 rings (SSSR count). The fourth-order valence-corrected chi connectivity index (χ4v) is 4.31. The van der Waals surface area contributed by atoms with Crippen LogP contribution < -0.4 is 34.9 Å². The maximum atomic E-state index is 12.5. The van der Waals surface area contributed by atoms with Crippen LogP contribution in [0.4, 0.5) is 4.79 Å². The molecular weight excluding hydrogens is 417 g/mol. The summed E-state index contributed by atoms with van der Waals surface area (Å²) in [6.45, 7) is 2.42. The summed E-state index contributed by atoms with van der Waals surface area (Å²) in [5.74, 6) is -1.11. The molecule has 12 nitrogen and oxygen atoms in total. The van der Waals surface area contributed by atoms with Gasteiger partial charge >= 0.3 is 35.6 Å². The maximum absolute atomic E-state index is 12.5. The molecule has 0 saturated carbocycles. The predicted octanol–water partition coefficient (Wildman–Crippen LogP) is -4.00. The first kappa shape index (κ1) is 24.0. The molecule has 2 bridgehead atoms. The number of hydroxylamine groups is 2. The van der Waals surface area contributed by atoms with Crippen LogP contribution in [-0.4, -0.2) is 83.2 Å². The number of carbonyl (C=O) groups is 3. The molecule has 0 aliphatic carbocycles. The van der Waals surface area contributed by atoms with E-state index in [1.54, 1.807) is 4.90 Å². The van der Waals surface area contributed by atoms with Crippen molar-refractivity contribution < 1.29 is 61.2 Å². The molecule has 0 unspecified atom stereocenters. The molecule has 0 aromatic carbocycles. The Bertz CT molecular complexity index is 807. The average Bonchev–Trinajstić information content (AvgIpc) is 2.85. The summed E-state index contributed by atoms with van der Waals surface area (Å²) in [7, 11) is -5.09. The number of carbonyl (C=O) groups excluding carboxylic acids is 3. The minimum Gasteiger partial charge on any atom is -0.724 e. The van der Waals surface area contributed by atoms with Crippen molar-refractivity contribution in [3.8, 4) is 0 Å². The van der Waals surface area contributed by atoms with Gasteiger partial charge in [0.2, 0.25) is 22.2 Å². The SMILES string of the molecule is CC(=O)N1CCC[C@H](C(=O)NC(=N)[C@@H]2CC[C@@H]3CN2C(=O)N3OS(=O)(=O)[O-])C1.[Na+]. The quantitative estimate of drug-likeness (QED) is 0.148. The second-order valence-electron chi connectivity index (χ2n) is 7.20. The van der Waals surface area contributed by atoms with Crippen LogP contribution in [0.25, 0.3) is 0 Å². The number of fused-ring (bicyclic) bond motifs is 2. The van der Waals surface area contributed by atoms with Crippen molar-refractivity contribution in [3.63, 3.8) is 0 Å². The van der Waals surface area contributed by atoms with Gasteiger partial charge in [0.15, 0.2) is 0 Å². The first-order valence-corrected chi connectivity index (χ1v) is 10.3. The zero-order valence-electron chi connectivity index (χ0n) is 16.3. The van der Waals surface area contributed by atoms with Crippen molar-refractivity contribution in [2.45, 2.75) is 44.7 Å². The van der Waals surface area contributed by atoms with E-state index in [0.717, 1.165) is 0 Å². The van der Waals surface area contributed by atoms with Crippen molar-refractivity contribution in [2.75, 3.05) is 19.6 Å². The van der Waals surface area contributed by atoms with E-state index in [-0.39, 0.29) is 60.3 Å². The molecule has 3 aliphatic rings. The molecule has 0 aromatic heterocycles. The number of amidine groups is 1. The number of nitrogens with zero attached hydrogens (tertiary/aromatic N) is 3. The van der Waals surface area contributed by atoms with E-state index in [1.807, 2.05) is 0 Å². The van der Waals surface area contributed by atoms with Crippen molar-refractivity contribution in [3.05, 3.63) is 0 Å². The van der Waals surface area contributed by atoms with Crippen molar-refractivity contribution in [2.24, 2.45) is 5.92 Å². The number of piperidine rings is 2. The Hall–Kier alpha value is -1.25. The van der Waals surface area contributed by atoms with E-state index in [0.29, 0.717) is 37.3 Å². The fourth-order valence-electron chi connectivity index (χ4n) is 3.92. The van der Waals surface area contributed by atoms with Crippen LogP contribution in [0.3, 0.4) is 0 Å². The van der Waals surface area contributed by atoms with Crippen molar-refractivity contribution in [1.82, 2.24) is 20.2 Å². The number of amides is 4. The third-order valence-corrected chi connectivity index (χ3v) is 5.67. The summed E-state index contributed by atoms with van der Waals surface area (Å²) in [4.78, 5) is 39.2. The third kappa shape index (κ3) is 5.47. The molecule has 2 N–H and O–H groups in total. The van der Waals surface area contributed by atoms with E-state index >= 15 is 0 Å². The summed E-state index contributed by atoms with van der Waals surface area (Å²) in [6, 6.07) is -2.17. The summed E-state index contributed by atoms with van der Waals surface area (Å²) in [5, 5.41) is 11.3. The normalized spacial score (nSPS) is 26.8. The molecule has 29 heavy (non-hydrogen) atoms. The van der Waals surface area contributed by atoms with Gasteiger partial charge in [-0.1, -0.05) is 0 Å². The smallest absolute Gasteiger partial charge is 0.724 e. The number of urea groups is 1. The van der Waals surface area contributed by atoms with Crippen LogP contribution in [0.2, 0.25) is 0 Å². The molecular formula is C15H22N5NaO7S. The summed E-state index contributed by atoms with van der Waals surface area (Å²) < 4.78 is 36.7. The van der Waals surface area contributed by atoms with Gasteiger partial charge < -0.3 is 19.7 Å². The van der Waals surface area contributed by atoms with Gasteiger partial charge in [-0.2, -0.15) is 9.35 Å². The number of nitrogens with one attached hydrogen (secondary N) is 2. The average molecular weight is 439 g/mol. The van der Waals surface area contributed by atoms with Gasteiger partial charge in [-0.05, 0) is 25.7 Å². The Morgan fingerprint density at radius 3 is 2.55 bits per heavy atom. The minimum atomic E-state index is -5.09. The zero-order valence-corrected chi connectivity index (χ0v) is 19.1. The second-order valence-corrected chi connectivity index (χ2v) is 8.16. The van der Waals surface area contributed by atoms with Crippen LogP contribution in [0.15, 0.2) is 0 Å². The van der Waals surface area contributed by atoms with Crippen molar-refractivity contribution >= 4 is 34.1 Å². The van der Waals surface area contributed by atoms with E-state index < -0.39 is 34.4 Å². The summed E-state index contributed by atoms with van der Waals surface area (Å²) in [5.41, 5.74) is 0. The Labute approximate surface area is 190 Å². The largest absolute Gasteiger partial charge is 1.00 e.